The van der Waals surface area contributed by atoms with E-state index in [4.69, 9.17) is 5.11 Å². The molecule has 0 unspecified atom stereocenters. The molecule has 0 aromatic carbocycles. The van der Waals surface area contributed by atoms with Gasteiger partial charge in [0.05, 0.1) is 6.61 Å². The predicted molar refractivity (Wildman–Crippen MR) is 54.9 cm³/mol. The molecule has 14 heavy (non-hydrogen) atoms. The maximum atomic E-state index is 11.2. The molecule has 0 saturated heterocycles. The van der Waals surface area contributed by atoms with Crippen molar-refractivity contribution >= 4 is 5.91 Å². The van der Waals surface area contributed by atoms with Gasteiger partial charge >= 0.3 is 0 Å². The zero-order valence-corrected chi connectivity index (χ0v) is 8.97. The Bertz CT molecular complexity index is 200. The molecule has 0 atom stereocenters. The zero-order valence-electron chi connectivity index (χ0n) is 8.97. The van der Waals surface area contributed by atoms with Gasteiger partial charge in [0.2, 0.25) is 5.91 Å². The van der Waals surface area contributed by atoms with Crippen LogP contribution in [0.4, 0.5) is 0 Å². The summed E-state index contributed by atoms with van der Waals surface area (Å²) in [5.41, 5.74) is -0.0574. The minimum atomic E-state index is -0.0574. The van der Waals surface area contributed by atoms with E-state index in [1.54, 1.807) is 0 Å². The average Bonchev–Trinajstić information content (AvgIpc) is 2.84. The third-order valence-electron chi connectivity index (χ3n) is 2.46. The van der Waals surface area contributed by atoms with Crippen molar-refractivity contribution in [3.05, 3.63) is 0 Å². The maximum Gasteiger partial charge on any atom is 0.221 e. The molecule has 1 aliphatic carbocycles. The van der Waals surface area contributed by atoms with E-state index in [9.17, 15) is 4.79 Å². The van der Waals surface area contributed by atoms with Crippen LogP contribution in [0.1, 0.15) is 33.1 Å². The van der Waals surface area contributed by atoms with E-state index >= 15 is 0 Å². The summed E-state index contributed by atoms with van der Waals surface area (Å²) in [6, 6.07) is 0.204. The fraction of sp³-hybridized carbons (Fsp3) is 0.900. The van der Waals surface area contributed by atoms with Crippen molar-refractivity contribution in [2.24, 2.45) is 0 Å². The lowest BCUT2D eigenvalue weighted by molar-refractivity contribution is -0.121. The van der Waals surface area contributed by atoms with Crippen LogP contribution in [0.15, 0.2) is 0 Å². The fourth-order valence-corrected chi connectivity index (χ4v) is 1.38. The summed E-state index contributed by atoms with van der Waals surface area (Å²) in [4.78, 5) is 11.2. The second-order valence-electron chi connectivity index (χ2n) is 4.34. The Morgan fingerprint density at radius 2 is 2.14 bits per heavy atom. The number of aliphatic hydroxyl groups excluding tert-OH is 1. The molecule has 0 heterocycles. The van der Waals surface area contributed by atoms with Crippen LogP contribution in [0, 0.1) is 0 Å². The normalized spacial score (nSPS) is 18.3. The van der Waals surface area contributed by atoms with Gasteiger partial charge < -0.3 is 15.7 Å². The van der Waals surface area contributed by atoms with Gasteiger partial charge in [0.25, 0.3) is 0 Å². The van der Waals surface area contributed by atoms with Gasteiger partial charge in [0.1, 0.15) is 0 Å². The molecular formula is C10H20N2O2. The molecule has 1 fully saturated rings. The van der Waals surface area contributed by atoms with Gasteiger partial charge in [-0.2, -0.15) is 0 Å². The summed E-state index contributed by atoms with van der Waals surface area (Å²) >= 11 is 0. The molecule has 4 heteroatoms. The lowest BCUT2D eigenvalue weighted by Crippen LogP contribution is -2.38. The monoisotopic (exact) mass is 200 g/mol. The van der Waals surface area contributed by atoms with Crippen LogP contribution >= 0.6 is 0 Å². The number of carbonyl (C=O) groups is 1. The summed E-state index contributed by atoms with van der Waals surface area (Å²) in [7, 11) is 0. The molecule has 1 rings (SSSR count). The molecule has 1 saturated carbocycles. The highest BCUT2D eigenvalue weighted by atomic mass is 16.3. The Labute approximate surface area is 85.1 Å². The minimum Gasteiger partial charge on any atom is -0.394 e. The molecule has 0 aliphatic heterocycles. The zero-order chi connectivity index (χ0) is 10.6. The van der Waals surface area contributed by atoms with Gasteiger partial charge in [-0.05, 0) is 26.7 Å². The largest absolute Gasteiger partial charge is 0.394 e. The fourth-order valence-electron chi connectivity index (χ4n) is 1.38. The van der Waals surface area contributed by atoms with E-state index in [2.05, 4.69) is 10.6 Å². The molecule has 0 aromatic heterocycles. The van der Waals surface area contributed by atoms with Crippen molar-refractivity contribution < 1.29 is 9.90 Å². The highest BCUT2D eigenvalue weighted by Gasteiger charge is 2.41. The summed E-state index contributed by atoms with van der Waals surface area (Å²) in [6.45, 7) is 4.72. The highest BCUT2D eigenvalue weighted by Crippen LogP contribution is 2.34. The number of rotatable bonds is 6. The molecule has 0 spiro atoms. The molecule has 0 bridgehead atoms. The molecule has 0 aromatic rings. The molecule has 0 radical (unpaired) electrons. The molecule has 1 amide bonds. The van der Waals surface area contributed by atoms with Crippen molar-refractivity contribution in [3.8, 4) is 0 Å². The summed E-state index contributed by atoms with van der Waals surface area (Å²) in [5.74, 6) is 0.0706. The SMILES string of the molecule is CC(C)NC(=O)CCNC1(CO)CC1. The van der Waals surface area contributed by atoms with Crippen molar-refractivity contribution in [1.29, 1.82) is 0 Å². The van der Waals surface area contributed by atoms with E-state index in [-0.39, 0.29) is 24.1 Å². The summed E-state index contributed by atoms with van der Waals surface area (Å²) in [5, 5.41) is 15.0. The van der Waals surface area contributed by atoms with Crippen molar-refractivity contribution in [1.82, 2.24) is 10.6 Å². The van der Waals surface area contributed by atoms with Gasteiger partial charge in [-0.3, -0.25) is 4.79 Å². The van der Waals surface area contributed by atoms with Crippen LogP contribution in [-0.2, 0) is 4.79 Å². The summed E-state index contributed by atoms with van der Waals surface area (Å²) < 4.78 is 0. The molecule has 1 aliphatic rings. The second-order valence-corrected chi connectivity index (χ2v) is 4.34. The van der Waals surface area contributed by atoms with Crippen LogP contribution in [0.2, 0.25) is 0 Å². The van der Waals surface area contributed by atoms with E-state index in [1.165, 1.54) is 0 Å². The van der Waals surface area contributed by atoms with Gasteiger partial charge in [-0.1, -0.05) is 0 Å². The van der Waals surface area contributed by atoms with Gasteiger partial charge in [0.15, 0.2) is 0 Å². The molecule has 82 valence electrons. The average molecular weight is 200 g/mol. The molecule has 4 nitrogen and oxygen atoms in total. The Kier molecular flexibility index (Phi) is 3.89. The quantitative estimate of drug-likeness (QED) is 0.566. The second kappa shape index (κ2) is 4.75. The van der Waals surface area contributed by atoms with Gasteiger partial charge in [-0.25, -0.2) is 0 Å². The van der Waals surface area contributed by atoms with E-state index in [0.29, 0.717) is 13.0 Å². The Morgan fingerprint density at radius 1 is 1.50 bits per heavy atom. The molecule has 3 N–H and O–H groups in total. The highest BCUT2D eigenvalue weighted by molar-refractivity contribution is 5.76. The van der Waals surface area contributed by atoms with Gasteiger partial charge in [0, 0.05) is 24.5 Å². The number of amides is 1. The first-order chi connectivity index (χ1) is 6.58. The van der Waals surface area contributed by atoms with E-state index in [1.807, 2.05) is 13.8 Å². The first kappa shape index (κ1) is 11.5. The van der Waals surface area contributed by atoms with Crippen LogP contribution in [0.5, 0.6) is 0 Å². The first-order valence-electron chi connectivity index (χ1n) is 5.23. The number of hydrogen-bond donors (Lipinski definition) is 3. The third kappa shape index (κ3) is 3.64. The number of hydrogen-bond acceptors (Lipinski definition) is 3. The summed E-state index contributed by atoms with van der Waals surface area (Å²) in [6.07, 6.45) is 2.53. The Hall–Kier alpha value is -0.610. The first-order valence-corrected chi connectivity index (χ1v) is 5.23. The standard InChI is InChI=1S/C10H20N2O2/c1-8(2)12-9(14)3-6-11-10(7-13)4-5-10/h8,11,13H,3-7H2,1-2H3,(H,12,14). The van der Waals surface area contributed by atoms with Crippen LogP contribution in [0.25, 0.3) is 0 Å². The lowest BCUT2D eigenvalue weighted by Gasteiger charge is -2.14. The van der Waals surface area contributed by atoms with E-state index < -0.39 is 0 Å². The number of carbonyl (C=O) groups excluding carboxylic acids is 1. The van der Waals surface area contributed by atoms with Crippen LogP contribution < -0.4 is 10.6 Å². The predicted octanol–water partition coefficient (Wildman–Crippen LogP) is 0.0156. The van der Waals surface area contributed by atoms with Crippen molar-refractivity contribution in [2.75, 3.05) is 13.2 Å². The topological polar surface area (TPSA) is 61.4 Å². The van der Waals surface area contributed by atoms with Crippen LogP contribution in [0.3, 0.4) is 0 Å². The maximum absolute atomic E-state index is 11.2. The smallest absolute Gasteiger partial charge is 0.221 e. The Balaban J connectivity index is 2.06. The minimum absolute atomic E-state index is 0.0574. The van der Waals surface area contributed by atoms with E-state index in [0.717, 1.165) is 12.8 Å². The molecular weight excluding hydrogens is 180 g/mol. The third-order valence-corrected chi connectivity index (χ3v) is 2.46. The van der Waals surface area contributed by atoms with Gasteiger partial charge in [-0.15, -0.1) is 0 Å². The van der Waals surface area contributed by atoms with Crippen molar-refractivity contribution in [3.63, 3.8) is 0 Å². The Morgan fingerprint density at radius 3 is 2.57 bits per heavy atom. The van der Waals surface area contributed by atoms with Crippen LogP contribution in [-0.4, -0.2) is 35.7 Å². The lowest BCUT2D eigenvalue weighted by atomic mass is 10.2. The number of aliphatic hydroxyl groups is 1. The number of nitrogens with one attached hydrogen (secondary N) is 2. The van der Waals surface area contributed by atoms with Crippen molar-refractivity contribution in [2.45, 2.75) is 44.7 Å².